The molecule has 0 amide bonds. The summed E-state index contributed by atoms with van der Waals surface area (Å²) < 4.78 is 0. The molecule has 1 aliphatic carbocycles. The molecule has 0 aromatic heterocycles. The van der Waals surface area contributed by atoms with Crippen molar-refractivity contribution in [2.75, 3.05) is 19.6 Å². The second kappa shape index (κ2) is 9.55. The van der Waals surface area contributed by atoms with Gasteiger partial charge in [-0.2, -0.15) is 0 Å². The highest BCUT2D eigenvalue weighted by atomic mass is 35.5. The molecule has 1 aromatic rings. The smallest absolute Gasteiger partial charge is 0.333 e. The molecule has 0 bridgehead atoms. The third-order valence-corrected chi connectivity index (χ3v) is 7.26. The number of hydrogen-bond acceptors (Lipinski definition) is 4. The van der Waals surface area contributed by atoms with Gasteiger partial charge in [0.15, 0.2) is 0 Å². The third kappa shape index (κ3) is 4.86. The molecule has 0 radical (unpaired) electrons. The van der Waals surface area contributed by atoms with E-state index in [0.717, 1.165) is 31.6 Å². The fraction of sp³-hybridized carbons (Fsp3) is 0.500. The normalized spacial score (nSPS) is 26.1. The lowest BCUT2D eigenvalue weighted by Crippen LogP contribution is -2.43. The fourth-order valence-corrected chi connectivity index (χ4v) is 5.12. The van der Waals surface area contributed by atoms with E-state index in [1.165, 1.54) is 6.08 Å². The maximum Gasteiger partial charge on any atom is 0.333 e. The molecular weight excluding hydrogens is 418 g/mol. The number of halogens is 1. The van der Waals surface area contributed by atoms with Crippen LogP contribution >= 0.6 is 11.6 Å². The van der Waals surface area contributed by atoms with Gasteiger partial charge < -0.3 is 20.2 Å². The van der Waals surface area contributed by atoms with E-state index >= 15 is 0 Å². The van der Waals surface area contributed by atoms with E-state index in [9.17, 15) is 24.9 Å². The van der Waals surface area contributed by atoms with Gasteiger partial charge in [0.2, 0.25) is 0 Å². The van der Waals surface area contributed by atoms with E-state index in [-0.39, 0.29) is 10.6 Å². The number of aliphatic carboxylic acids is 2. The molecule has 1 heterocycles. The third-order valence-electron chi connectivity index (χ3n) is 6.93. The Kier molecular flexibility index (Phi) is 7.24. The molecule has 0 saturated carbocycles. The average Bonchev–Trinajstić information content (AvgIpc) is 2.74. The molecule has 3 rings (SSSR count). The minimum atomic E-state index is -1.26. The summed E-state index contributed by atoms with van der Waals surface area (Å²) in [4.78, 5) is 26.0. The SMILES string of the molecule is CC1C(C(=O)O)=C(Cl)C=CC1(CCCCN1CCC(O)(c2ccccc2)CC1)C(=O)O. The summed E-state index contributed by atoms with van der Waals surface area (Å²) in [7, 11) is 0. The van der Waals surface area contributed by atoms with E-state index in [1.54, 1.807) is 13.0 Å². The summed E-state index contributed by atoms with van der Waals surface area (Å²) in [5.74, 6) is -2.91. The van der Waals surface area contributed by atoms with Crippen LogP contribution in [0.2, 0.25) is 0 Å². The van der Waals surface area contributed by atoms with Crippen molar-refractivity contribution in [3.8, 4) is 0 Å². The minimum absolute atomic E-state index is 0.0391. The maximum atomic E-state index is 12.1. The van der Waals surface area contributed by atoms with Crippen molar-refractivity contribution in [2.24, 2.45) is 11.3 Å². The first-order valence-electron chi connectivity index (χ1n) is 10.8. The molecule has 2 unspecified atom stereocenters. The van der Waals surface area contributed by atoms with Gasteiger partial charge in [-0.3, -0.25) is 4.79 Å². The first-order valence-corrected chi connectivity index (χ1v) is 11.1. The maximum absolute atomic E-state index is 12.1. The molecule has 168 valence electrons. The van der Waals surface area contributed by atoms with Gasteiger partial charge in [0.25, 0.3) is 0 Å². The average molecular weight is 448 g/mol. The molecule has 6 nitrogen and oxygen atoms in total. The summed E-state index contributed by atoms with van der Waals surface area (Å²) in [6, 6.07) is 9.75. The standard InChI is InChI=1S/C24H30ClNO5/c1-17-20(21(27)28)19(25)9-11-23(17,22(29)30)10-5-6-14-26-15-12-24(31,13-16-26)18-7-3-2-4-8-18/h2-4,7-9,11,17,31H,5-6,10,12-16H2,1H3,(H,27,28)(H,29,30). The predicted octanol–water partition coefficient (Wildman–Crippen LogP) is 3.99. The number of rotatable bonds is 8. The Labute approximate surface area is 187 Å². The van der Waals surface area contributed by atoms with E-state index in [4.69, 9.17) is 11.6 Å². The summed E-state index contributed by atoms with van der Waals surface area (Å²) in [6.45, 7) is 4.01. The van der Waals surface area contributed by atoms with Crippen LogP contribution in [0.5, 0.6) is 0 Å². The lowest BCUT2D eigenvalue weighted by atomic mass is 9.67. The zero-order chi connectivity index (χ0) is 22.6. The van der Waals surface area contributed by atoms with Crippen LogP contribution in [0.3, 0.4) is 0 Å². The summed E-state index contributed by atoms with van der Waals surface area (Å²) >= 11 is 6.03. The van der Waals surface area contributed by atoms with Crippen molar-refractivity contribution in [3.63, 3.8) is 0 Å². The fourth-order valence-electron chi connectivity index (χ4n) is 4.81. The molecule has 3 N–H and O–H groups in total. The van der Waals surface area contributed by atoms with Gasteiger partial charge in [0.1, 0.15) is 0 Å². The Morgan fingerprint density at radius 2 is 1.77 bits per heavy atom. The highest BCUT2D eigenvalue weighted by Crippen LogP contribution is 2.45. The minimum Gasteiger partial charge on any atom is -0.481 e. The summed E-state index contributed by atoms with van der Waals surface area (Å²) in [5, 5.41) is 30.4. The van der Waals surface area contributed by atoms with Crippen molar-refractivity contribution in [2.45, 2.75) is 44.6 Å². The second-order valence-electron chi connectivity index (χ2n) is 8.66. The zero-order valence-corrected chi connectivity index (χ0v) is 18.5. The quantitative estimate of drug-likeness (QED) is 0.521. The summed E-state index contributed by atoms with van der Waals surface area (Å²) in [6.07, 6.45) is 6.11. The Hall–Kier alpha value is -2.15. The highest BCUT2D eigenvalue weighted by Gasteiger charge is 2.46. The summed E-state index contributed by atoms with van der Waals surface area (Å²) in [5.41, 5.74) is -1.13. The molecule has 2 aliphatic rings. The highest BCUT2D eigenvalue weighted by molar-refractivity contribution is 6.33. The van der Waals surface area contributed by atoms with Crippen LogP contribution in [0, 0.1) is 11.3 Å². The lowest BCUT2D eigenvalue weighted by molar-refractivity contribution is -0.149. The number of nitrogens with zero attached hydrogens (tertiary/aromatic N) is 1. The van der Waals surface area contributed by atoms with Gasteiger partial charge in [0.05, 0.1) is 21.6 Å². The molecule has 1 aromatic carbocycles. The number of carboxylic acids is 2. The number of carbonyl (C=O) groups is 2. The van der Waals surface area contributed by atoms with Crippen molar-refractivity contribution in [3.05, 3.63) is 58.7 Å². The number of hydrogen-bond donors (Lipinski definition) is 3. The largest absolute Gasteiger partial charge is 0.481 e. The van der Waals surface area contributed by atoms with E-state index in [0.29, 0.717) is 25.7 Å². The Balaban J connectivity index is 1.53. The van der Waals surface area contributed by atoms with Crippen molar-refractivity contribution in [1.29, 1.82) is 0 Å². The predicted molar refractivity (Wildman–Crippen MR) is 119 cm³/mol. The van der Waals surface area contributed by atoms with Crippen LogP contribution in [0.25, 0.3) is 0 Å². The molecule has 1 aliphatic heterocycles. The first kappa shape index (κ1) is 23.5. The van der Waals surface area contributed by atoms with Crippen LogP contribution in [-0.4, -0.2) is 51.8 Å². The van der Waals surface area contributed by atoms with E-state index < -0.39 is 28.9 Å². The van der Waals surface area contributed by atoms with Gasteiger partial charge in [-0.05, 0) is 43.9 Å². The number of unbranched alkanes of at least 4 members (excludes halogenated alkanes) is 1. The number of allylic oxidation sites excluding steroid dienone is 2. The van der Waals surface area contributed by atoms with Gasteiger partial charge in [-0.25, -0.2) is 4.79 Å². The number of benzene rings is 1. The van der Waals surface area contributed by atoms with Crippen LogP contribution in [0.15, 0.2) is 53.1 Å². The van der Waals surface area contributed by atoms with Crippen LogP contribution in [0.4, 0.5) is 0 Å². The lowest BCUT2D eigenvalue weighted by Gasteiger charge is -2.39. The zero-order valence-electron chi connectivity index (χ0n) is 17.8. The topological polar surface area (TPSA) is 98.1 Å². The number of piperidine rings is 1. The van der Waals surface area contributed by atoms with Gasteiger partial charge >= 0.3 is 11.9 Å². The Bertz CT molecular complexity index is 873. The van der Waals surface area contributed by atoms with Crippen molar-refractivity contribution in [1.82, 2.24) is 4.90 Å². The first-order chi connectivity index (χ1) is 14.7. The molecule has 0 spiro atoms. The second-order valence-corrected chi connectivity index (χ2v) is 9.07. The number of likely N-dealkylation sites (tertiary alicyclic amines) is 1. The molecular formula is C24H30ClNO5. The Morgan fingerprint density at radius 3 is 2.35 bits per heavy atom. The Morgan fingerprint density at radius 1 is 1.13 bits per heavy atom. The van der Waals surface area contributed by atoms with Crippen LogP contribution in [-0.2, 0) is 15.2 Å². The molecule has 1 fully saturated rings. The van der Waals surface area contributed by atoms with Gasteiger partial charge in [-0.15, -0.1) is 0 Å². The molecule has 1 saturated heterocycles. The number of carboxylic acid groups (broad SMARTS) is 2. The van der Waals surface area contributed by atoms with E-state index in [1.807, 2.05) is 30.3 Å². The molecule has 31 heavy (non-hydrogen) atoms. The van der Waals surface area contributed by atoms with Crippen molar-refractivity contribution >= 4 is 23.5 Å². The molecule has 7 heteroatoms. The number of aliphatic hydroxyl groups is 1. The van der Waals surface area contributed by atoms with Gasteiger partial charge in [0, 0.05) is 19.0 Å². The van der Waals surface area contributed by atoms with Crippen molar-refractivity contribution < 1.29 is 24.9 Å². The monoisotopic (exact) mass is 447 g/mol. The van der Waals surface area contributed by atoms with E-state index in [2.05, 4.69) is 4.90 Å². The van der Waals surface area contributed by atoms with Gasteiger partial charge in [-0.1, -0.05) is 61.4 Å². The molecule has 2 atom stereocenters. The van der Waals surface area contributed by atoms with Crippen LogP contribution in [0.1, 0.15) is 44.6 Å². The van der Waals surface area contributed by atoms with Crippen LogP contribution < -0.4 is 0 Å².